The van der Waals surface area contributed by atoms with Gasteiger partial charge in [0.15, 0.2) is 0 Å². The fourth-order valence-electron chi connectivity index (χ4n) is 6.96. The molecule has 3 aromatic rings. The van der Waals surface area contributed by atoms with Gasteiger partial charge in [0.2, 0.25) is 5.88 Å². The van der Waals surface area contributed by atoms with Crippen LogP contribution in [0.3, 0.4) is 0 Å². The Labute approximate surface area is 265 Å². The van der Waals surface area contributed by atoms with E-state index >= 15 is 0 Å². The molecule has 11 nitrogen and oxygen atoms in total. The average molecular weight is 661 g/mol. The predicted octanol–water partition coefficient (Wildman–Crippen LogP) is 5.69. The molecular formula is C31H39F3N6O5Si. The number of amides is 3. The van der Waals surface area contributed by atoms with Crippen LogP contribution in [-0.4, -0.2) is 73.8 Å². The fraction of sp³-hybridized carbons (Fsp3) is 0.581. The lowest BCUT2D eigenvalue weighted by Gasteiger charge is -2.34. The Morgan fingerprint density at radius 1 is 1.04 bits per heavy atom. The highest BCUT2D eigenvalue weighted by molar-refractivity contribution is 6.76. The summed E-state index contributed by atoms with van der Waals surface area (Å²) in [6.07, 6.45) is 1.09. The molecule has 3 fully saturated rings. The monoisotopic (exact) mass is 660 g/mol. The van der Waals surface area contributed by atoms with E-state index in [2.05, 4.69) is 34.6 Å². The maximum absolute atomic E-state index is 13.6. The lowest BCUT2D eigenvalue weighted by atomic mass is 9.91. The average Bonchev–Trinajstić information content (AvgIpc) is 3.70. The minimum Gasteiger partial charge on any atom is -0.470 e. The fourth-order valence-corrected chi connectivity index (χ4v) is 7.72. The summed E-state index contributed by atoms with van der Waals surface area (Å²) in [5.74, 6) is -0.129. The van der Waals surface area contributed by atoms with E-state index in [9.17, 15) is 27.9 Å². The number of urea groups is 1. The summed E-state index contributed by atoms with van der Waals surface area (Å²) in [4.78, 5) is 41.8. The van der Waals surface area contributed by atoms with Crippen LogP contribution in [0.1, 0.15) is 57.2 Å². The summed E-state index contributed by atoms with van der Waals surface area (Å²) >= 11 is 0. The molecule has 0 unspecified atom stereocenters. The standard InChI is InChI=1S/C31H39F3N6O5Si/c1-28(2,43)23-13-22-25(39(23)19-44-10-11-46(3,4)5)36-18-37-26(22)45-30-8-6-29(17-30,7-9-30)40-24(41)16-38(27(40)42)21-12-20(14-35-15-21)31(32,33)34/h12-15,18,43H,6-11,16-17,19H2,1-5H3. The van der Waals surface area contributed by atoms with Crippen molar-refractivity contribution in [3.63, 3.8) is 0 Å². The zero-order valence-electron chi connectivity index (χ0n) is 26.6. The van der Waals surface area contributed by atoms with Crippen LogP contribution >= 0.6 is 0 Å². The van der Waals surface area contributed by atoms with Crippen LogP contribution < -0.4 is 9.64 Å². The third-order valence-electron chi connectivity index (χ3n) is 9.36. The van der Waals surface area contributed by atoms with Gasteiger partial charge in [-0.3, -0.25) is 19.6 Å². The van der Waals surface area contributed by atoms with Crippen LogP contribution in [0.5, 0.6) is 5.88 Å². The van der Waals surface area contributed by atoms with Crippen molar-refractivity contribution in [2.24, 2.45) is 0 Å². The summed E-state index contributed by atoms with van der Waals surface area (Å²) in [6, 6.07) is 2.99. The number of anilines is 1. The van der Waals surface area contributed by atoms with Crippen molar-refractivity contribution in [2.75, 3.05) is 18.1 Å². The van der Waals surface area contributed by atoms with E-state index in [0.29, 0.717) is 67.5 Å². The molecule has 2 saturated carbocycles. The maximum Gasteiger partial charge on any atom is 0.417 e. The van der Waals surface area contributed by atoms with Crippen LogP contribution in [-0.2, 0) is 28.0 Å². The van der Waals surface area contributed by atoms with Crippen molar-refractivity contribution in [1.29, 1.82) is 0 Å². The molecule has 2 bridgehead atoms. The van der Waals surface area contributed by atoms with Crippen molar-refractivity contribution in [2.45, 2.75) is 101 Å². The molecular weight excluding hydrogens is 621 g/mol. The van der Waals surface area contributed by atoms with Crippen LogP contribution in [0, 0.1) is 0 Å². The van der Waals surface area contributed by atoms with Gasteiger partial charge in [0.05, 0.1) is 39.7 Å². The highest BCUT2D eigenvalue weighted by Gasteiger charge is 2.63. The molecule has 3 aliphatic rings. The number of carbonyl (C=O) groups is 2. The van der Waals surface area contributed by atoms with Crippen molar-refractivity contribution in [3.05, 3.63) is 42.1 Å². The Balaban J connectivity index is 1.24. The minimum atomic E-state index is -4.64. The normalized spacial score (nSPS) is 23.8. The predicted molar refractivity (Wildman–Crippen MR) is 165 cm³/mol. The zero-order valence-corrected chi connectivity index (χ0v) is 27.6. The second-order valence-corrected chi connectivity index (χ2v) is 20.1. The van der Waals surface area contributed by atoms with E-state index in [1.165, 1.54) is 11.2 Å². The first-order valence-electron chi connectivity index (χ1n) is 15.4. The lowest BCUT2D eigenvalue weighted by molar-refractivity contribution is -0.137. The van der Waals surface area contributed by atoms with Crippen molar-refractivity contribution in [1.82, 2.24) is 24.4 Å². The van der Waals surface area contributed by atoms with Gasteiger partial charge in [0, 0.05) is 27.3 Å². The highest BCUT2D eigenvalue weighted by atomic mass is 28.3. The number of nitrogens with zero attached hydrogens (tertiary/aromatic N) is 6. The Morgan fingerprint density at radius 3 is 2.41 bits per heavy atom. The zero-order chi connectivity index (χ0) is 33.3. The smallest absolute Gasteiger partial charge is 0.417 e. The second kappa shape index (κ2) is 11.0. The molecule has 3 aromatic heterocycles. The van der Waals surface area contributed by atoms with E-state index in [1.54, 1.807) is 13.8 Å². The number of imide groups is 1. The molecule has 46 heavy (non-hydrogen) atoms. The Bertz CT molecular complexity index is 1670. The SMILES string of the molecule is CC(C)(O)c1cc2c(OC34CCC(N5C(=O)CN(c6cncc(C(F)(F)F)c6)C5=O)(CC3)C4)ncnc2n1COCC[Si](C)(C)C. The number of aliphatic hydroxyl groups is 1. The maximum atomic E-state index is 13.6. The Hall–Kier alpha value is -3.56. The molecule has 248 valence electrons. The third kappa shape index (κ3) is 5.88. The van der Waals surface area contributed by atoms with E-state index in [4.69, 9.17) is 9.47 Å². The molecule has 1 N–H and O–H groups in total. The van der Waals surface area contributed by atoms with Gasteiger partial charge in [-0.05, 0) is 57.7 Å². The first-order valence-corrected chi connectivity index (χ1v) is 19.1. The van der Waals surface area contributed by atoms with Crippen molar-refractivity contribution < 1.29 is 37.3 Å². The summed E-state index contributed by atoms with van der Waals surface area (Å²) in [5, 5.41) is 11.6. The van der Waals surface area contributed by atoms with Crippen molar-refractivity contribution in [3.8, 4) is 5.88 Å². The number of halogens is 3. The van der Waals surface area contributed by atoms with Gasteiger partial charge < -0.3 is 19.1 Å². The number of alkyl halides is 3. The van der Waals surface area contributed by atoms with Gasteiger partial charge in [-0.25, -0.2) is 14.8 Å². The number of fused-ring (bicyclic) bond motifs is 3. The third-order valence-corrected chi connectivity index (χ3v) is 11.1. The molecule has 0 spiro atoms. The lowest BCUT2D eigenvalue weighted by Crippen LogP contribution is -2.49. The number of hydrogen-bond acceptors (Lipinski definition) is 8. The molecule has 15 heteroatoms. The summed E-state index contributed by atoms with van der Waals surface area (Å²) in [7, 11) is -1.30. The Kier molecular flexibility index (Phi) is 7.75. The molecule has 0 atom stereocenters. The number of carbonyl (C=O) groups excluding carboxylic acids is 2. The van der Waals surface area contributed by atoms with Gasteiger partial charge in [-0.2, -0.15) is 13.2 Å². The molecule has 6 rings (SSSR count). The Morgan fingerprint density at radius 2 is 1.76 bits per heavy atom. The number of aromatic nitrogens is 4. The number of rotatable bonds is 10. The molecule has 4 heterocycles. The quantitative estimate of drug-likeness (QED) is 0.167. The van der Waals surface area contributed by atoms with E-state index in [-0.39, 0.29) is 19.0 Å². The van der Waals surface area contributed by atoms with E-state index in [1.807, 2.05) is 10.6 Å². The largest absolute Gasteiger partial charge is 0.470 e. The molecule has 1 aliphatic heterocycles. The molecule has 2 aliphatic carbocycles. The number of ether oxygens (including phenoxy) is 2. The van der Waals surface area contributed by atoms with Crippen molar-refractivity contribution >= 4 is 36.7 Å². The summed E-state index contributed by atoms with van der Waals surface area (Å²) in [6.45, 7) is 10.7. The van der Waals surface area contributed by atoms with Crippen LogP contribution in [0.4, 0.5) is 23.7 Å². The first-order chi connectivity index (χ1) is 21.4. The van der Waals surface area contributed by atoms with Crippen LogP contribution in [0.25, 0.3) is 11.0 Å². The van der Waals surface area contributed by atoms with Gasteiger partial charge in [-0.15, -0.1) is 0 Å². The van der Waals surface area contributed by atoms with Gasteiger partial charge in [0.1, 0.15) is 30.9 Å². The second-order valence-electron chi connectivity index (χ2n) is 14.5. The van der Waals surface area contributed by atoms with Gasteiger partial charge >= 0.3 is 12.2 Å². The van der Waals surface area contributed by atoms with E-state index in [0.717, 1.165) is 23.2 Å². The highest BCUT2D eigenvalue weighted by Crippen LogP contribution is 2.56. The van der Waals surface area contributed by atoms with E-state index < -0.39 is 48.5 Å². The number of hydrogen-bond donors (Lipinski definition) is 1. The van der Waals surface area contributed by atoms with Crippen LogP contribution in [0.2, 0.25) is 25.7 Å². The van der Waals surface area contributed by atoms with Gasteiger partial charge in [-0.1, -0.05) is 19.6 Å². The molecule has 1 saturated heterocycles. The first kappa shape index (κ1) is 32.4. The van der Waals surface area contributed by atoms with Gasteiger partial charge in [0.25, 0.3) is 5.91 Å². The number of pyridine rings is 1. The topological polar surface area (TPSA) is 123 Å². The molecule has 0 radical (unpaired) electrons. The summed E-state index contributed by atoms with van der Waals surface area (Å²) in [5.41, 5.74) is -2.65. The molecule has 3 amide bonds. The van der Waals surface area contributed by atoms with Crippen LogP contribution in [0.15, 0.2) is 30.9 Å². The molecule has 0 aromatic carbocycles. The summed E-state index contributed by atoms with van der Waals surface area (Å²) < 4.78 is 54.5. The minimum absolute atomic E-state index is 0.0782.